The lowest BCUT2D eigenvalue weighted by molar-refractivity contribution is -0.179. The summed E-state index contributed by atoms with van der Waals surface area (Å²) in [5.41, 5.74) is -0.568. The molecule has 0 aromatic heterocycles. The zero-order chi connectivity index (χ0) is 21.3. The number of likely N-dealkylation sites (tertiary alicyclic amines) is 1. The molecule has 3 saturated heterocycles. The van der Waals surface area contributed by atoms with Crippen molar-refractivity contribution in [3.63, 3.8) is 0 Å². The third kappa shape index (κ3) is 4.66. The number of amides is 1. The highest BCUT2D eigenvalue weighted by atomic mass is 32.2. The summed E-state index contributed by atoms with van der Waals surface area (Å²) in [6, 6.07) is -1.14. The number of carbonyl (C=O) groups excluding carboxylic acids is 2. The summed E-state index contributed by atoms with van der Waals surface area (Å²) in [6.07, 6.45) is -0.935. The summed E-state index contributed by atoms with van der Waals surface area (Å²) >= 11 is 1.32. The lowest BCUT2D eigenvalue weighted by atomic mass is 9.92. The Balaban J connectivity index is 1.72. The summed E-state index contributed by atoms with van der Waals surface area (Å²) in [5, 5.41) is 24.0. The third-order valence-electron chi connectivity index (χ3n) is 6.07. The fourth-order valence-electron chi connectivity index (χ4n) is 4.61. The van der Waals surface area contributed by atoms with Crippen LogP contribution in [0.3, 0.4) is 0 Å². The summed E-state index contributed by atoms with van der Waals surface area (Å²) in [7, 11) is 1.92. The minimum Gasteiger partial charge on any atom is -0.424 e. The number of aliphatic hydroxyl groups is 2. The van der Waals surface area contributed by atoms with E-state index in [0.717, 1.165) is 25.8 Å². The Labute approximate surface area is 175 Å². The largest absolute Gasteiger partial charge is 0.509 e. The van der Waals surface area contributed by atoms with E-state index in [1.807, 2.05) is 11.9 Å². The quantitative estimate of drug-likeness (QED) is 0.489. The topological polar surface area (TPSA) is 118 Å². The van der Waals surface area contributed by atoms with Crippen LogP contribution in [0.5, 0.6) is 0 Å². The van der Waals surface area contributed by atoms with Gasteiger partial charge in [-0.25, -0.2) is 4.79 Å². The second-order valence-electron chi connectivity index (χ2n) is 8.23. The van der Waals surface area contributed by atoms with Crippen LogP contribution in [0, 0.1) is 5.92 Å². The summed E-state index contributed by atoms with van der Waals surface area (Å²) < 4.78 is 16.2. The maximum absolute atomic E-state index is 13.0. The summed E-state index contributed by atoms with van der Waals surface area (Å²) in [4.78, 5) is 26.6. The van der Waals surface area contributed by atoms with Gasteiger partial charge in [-0.3, -0.25) is 9.69 Å². The van der Waals surface area contributed by atoms with E-state index in [-0.39, 0.29) is 11.9 Å². The van der Waals surface area contributed by atoms with E-state index >= 15 is 0 Å². The van der Waals surface area contributed by atoms with Crippen molar-refractivity contribution in [1.29, 1.82) is 0 Å². The number of nitrogens with one attached hydrogen (secondary N) is 1. The Kier molecular flexibility index (Phi) is 7.32. The first kappa shape index (κ1) is 22.6. The predicted molar refractivity (Wildman–Crippen MR) is 106 cm³/mol. The first-order valence-corrected chi connectivity index (χ1v) is 11.5. The van der Waals surface area contributed by atoms with E-state index in [1.54, 1.807) is 6.26 Å². The van der Waals surface area contributed by atoms with Crippen molar-refractivity contribution in [2.75, 3.05) is 19.8 Å². The maximum atomic E-state index is 13.0. The Morgan fingerprint density at radius 1 is 1.38 bits per heavy atom. The molecule has 3 fully saturated rings. The van der Waals surface area contributed by atoms with Crippen molar-refractivity contribution in [1.82, 2.24) is 10.2 Å². The second kappa shape index (κ2) is 9.38. The highest BCUT2D eigenvalue weighted by Crippen LogP contribution is 2.36. The zero-order valence-electron chi connectivity index (χ0n) is 17.3. The van der Waals surface area contributed by atoms with Gasteiger partial charge in [-0.1, -0.05) is 13.3 Å². The van der Waals surface area contributed by atoms with Crippen LogP contribution >= 0.6 is 11.8 Å². The lowest BCUT2D eigenvalue weighted by Gasteiger charge is -2.42. The number of likely N-dealkylation sites (N-methyl/N-ethyl adjacent to an activating group) is 1. The number of hydrogen-bond acceptors (Lipinski definition) is 9. The van der Waals surface area contributed by atoms with Crippen LogP contribution < -0.4 is 5.32 Å². The molecule has 0 bridgehead atoms. The van der Waals surface area contributed by atoms with Crippen LogP contribution in [-0.4, -0.2) is 95.1 Å². The molecule has 9 nitrogen and oxygen atoms in total. The number of thioether (sulfide) groups is 1. The van der Waals surface area contributed by atoms with Gasteiger partial charge in [0.1, 0.15) is 17.6 Å². The average Bonchev–Trinajstić information content (AvgIpc) is 3.23. The summed E-state index contributed by atoms with van der Waals surface area (Å²) in [6.45, 7) is 4.53. The van der Waals surface area contributed by atoms with Crippen LogP contribution in [0.25, 0.3) is 0 Å². The first-order chi connectivity index (χ1) is 13.8. The van der Waals surface area contributed by atoms with Crippen molar-refractivity contribution in [3.05, 3.63) is 0 Å². The van der Waals surface area contributed by atoms with Crippen molar-refractivity contribution in [2.24, 2.45) is 5.92 Å². The molecule has 0 unspecified atom stereocenters. The van der Waals surface area contributed by atoms with Crippen molar-refractivity contribution >= 4 is 23.8 Å². The molecule has 0 aromatic rings. The fraction of sp³-hybridized carbons (Fsp3) is 0.895. The normalized spacial score (nSPS) is 39.4. The molecule has 10 heteroatoms. The smallest absolute Gasteiger partial charge is 0.424 e. The molecule has 3 heterocycles. The molecule has 166 valence electrons. The number of carbonyl (C=O) groups is 2. The number of aliphatic hydroxyl groups excluding tert-OH is 2. The van der Waals surface area contributed by atoms with Gasteiger partial charge in [0.25, 0.3) is 0 Å². The molecule has 0 radical (unpaired) electrons. The van der Waals surface area contributed by atoms with Gasteiger partial charge in [0.2, 0.25) is 5.91 Å². The van der Waals surface area contributed by atoms with E-state index in [9.17, 15) is 19.8 Å². The molecule has 3 aliphatic rings. The standard InChI is InChI=1S/C19H32N2O7S/c1-5-6-10-7-11(21(3)8-10)17(24)20-12(9(2)22)14-13(23)15-16(18(26-14)29-4)28-19(25)27-15/h9-16,18,22-23H,5-8H2,1-4H3,(H,20,24)/t9-,10-,11+,12-,13+,14-,15+,16-,18-/m1/s1. The number of ether oxygens (including phenoxy) is 3. The third-order valence-corrected chi connectivity index (χ3v) is 6.91. The number of rotatable bonds is 7. The maximum Gasteiger partial charge on any atom is 0.509 e. The molecule has 0 aromatic carbocycles. The Hall–Kier alpha value is -1.07. The van der Waals surface area contributed by atoms with Crippen LogP contribution in [0.15, 0.2) is 0 Å². The van der Waals surface area contributed by atoms with Crippen LogP contribution in [0.1, 0.15) is 33.1 Å². The molecule has 1 amide bonds. The van der Waals surface area contributed by atoms with Crippen molar-refractivity contribution in [2.45, 2.75) is 81.1 Å². The number of nitrogens with zero attached hydrogens (tertiary/aromatic N) is 1. The van der Waals surface area contributed by atoms with Gasteiger partial charge >= 0.3 is 6.16 Å². The van der Waals surface area contributed by atoms with Crippen molar-refractivity contribution < 1.29 is 34.0 Å². The van der Waals surface area contributed by atoms with E-state index in [0.29, 0.717) is 5.92 Å². The average molecular weight is 433 g/mol. The molecular weight excluding hydrogens is 400 g/mol. The Morgan fingerprint density at radius 2 is 2.07 bits per heavy atom. The van der Waals surface area contributed by atoms with Gasteiger partial charge in [0.15, 0.2) is 12.2 Å². The highest BCUT2D eigenvalue weighted by Gasteiger charge is 2.56. The molecule has 9 atom stereocenters. The Morgan fingerprint density at radius 3 is 2.69 bits per heavy atom. The zero-order valence-corrected chi connectivity index (χ0v) is 18.1. The van der Waals surface area contributed by atoms with E-state index in [1.165, 1.54) is 18.7 Å². The first-order valence-electron chi connectivity index (χ1n) is 10.2. The van der Waals surface area contributed by atoms with E-state index < -0.39 is 48.2 Å². The fourth-order valence-corrected chi connectivity index (χ4v) is 5.33. The second-order valence-corrected chi connectivity index (χ2v) is 9.17. The van der Waals surface area contributed by atoms with Crippen LogP contribution in [0.2, 0.25) is 0 Å². The van der Waals surface area contributed by atoms with Gasteiger partial charge < -0.3 is 29.7 Å². The molecule has 0 saturated carbocycles. The van der Waals surface area contributed by atoms with Gasteiger partial charge in [0, 0.05) is 6.54 Å². The molecule has 0 aliphatic carbocycles. The van der Waals surface area contributed by atoms with Crippen molar-refractivity contribution in [3.8, 4) is 0 Å². The van der Waals surface area contributed by atoms with Crippen LogP contribution in [-0.2, 0) is 19.0 Å². The van der Waals surface area contributed by atoms with E-state index in [4.69, 9.17) is 14.2 Å². The van der Waals surface area contributed by atoms with E-state index in [2.05, 4.69) is 12.2 Å². The number of fused-ring (bicyclic) bond motifs is 1. The summed E-state index contributed by atoms with van der Waals surface area (Å²) in [5.74, 6) is 0.272. The SMILES string of the molecule is CCC[C@@H]1C[C@@H](C(=O)N[C@@H]([C@H]2O[C@H](SC)[C@@H]3OC(=O)O[C@H]3[C@H]2O)[C@@H](C)O)N(C)C1. The highest BCUT2D eigenvalue weighted by molar-refractivity contribution is 7.99. The molecule has 3 N–H and O–H groups in total. The minimum atomic E-state index is -1.23. The monoisotopic (exact) mass is 432 g/mol. The Bertz CT molecular complexity index is 607. The van der Waals surface area contributed by atoms with Gasteiger partial charge in [-0.2, -0.15) is 0 Å². The predicted octanol–water partition coefficient (Wildman–Crippen LogP) is 0.325. The van der Waals surface area contributed by atoms with Gasteiger partial charge in [-0.05, 0) is 39.0 Å². The van der Waals surface area contributed by atoms with Gasteiger partial charge in [0.05, 0.1) is 18.2 Å². The molecule has 3 aliphatic heterocycles. The van der Waals surface area contributed by atoms with Gasteiger partial charge in [-0.15, -0.1) is 11.8 Å². The van der Waals surface area contributed by atoms with Crippen LogP contribution in [0.4, 0.5) is 4.79 Å². The molecule has 3 rings (SSSR count). The molecule has 29 heavy (non-hydrogen) atoms. The molecular formula is C19H32N2O7S. The lowest BCUT2D eigenvalue weighted by Crippen LogP contribution is -2.65. The molecule has 0 spiro atoms. The minimum absolute atomic E-state index is 0.199. The number of hydrogen-bond donors (Lipinski definition) is 3.